The van der Waals surface area contributed by atoms with Gasteiger partial charge in [0.2, 0.25) is 12.6 Å². The van der Waals surface area contributed by atoms with Crippen molar-refractivity contribution < 1.29 is 33.2 Å². The summed E-state index contributed by atoms with van der Waals surface area (Å²) in [5.41, 5.74) is 0. The van der Waals surface area contributed by atoms with Crippen LogP contribution in [-0.4, -0.2) is 65.4 Å². The predicted octanol–water partition coefficient (Wildman–Crippen LogP) is 8.32. The summed E-state index contributed by atoms with van der Waals surface area (Å²) in [5, 5.41) is 0. The smallest absolute Gasteiger partial charge is 0.219 e. The van der Waals surface area contributed by atoms with Crippen molar-refractivity contribution in [2.45, 2.75) is 131 Å². The molecule has 2 atom stereocenters. The zero-order valence-electron chi connectivity index (χ0n) is 26.3. The molecule has 0 heterocycles. The van der Waals surface area contributed by atoms with E-state index < -0.39 is 12.6 Å². The molecule has 0 aliphatic heterocycles. The second-order valence-corrected chi connectivity index (χ2v) is 9.54. The van der Waals surface area contributed by atoms with Crippen molar-refractivity contribution >= 4 is 0 Å². The van der Waals surface area contributed by atoms with E-state index >= 15 is 0 Å². The molecule has 7 heteroatoms. The number of hydrogen-bond acceptors (Lipinski definition) is 7. The standard InChI is InChI=1S/C32H62O7/c1-7-13-23-33-25-19-17-21-29(37-27-15-9-3)31(35-11-5)39-32(36-12-6)30(38-28-16-10-4)22-18-20-26-34-24-14-8-2/h21-22,31-32H,7-20,23-28H2,1-6H3. The Kier molecular flexibility index (Phi) is 29.0. The average molecular weight is 559 g/mol. The molecule has 0 fully saturated rings. The molecule has 0 spiro atoms. The Labute approximate surface area is 240 Å². The van der Waals surface area contributed by atoms with Gasteiger partial charge in [-0.2, -0.15) is 0 Å². The Hall–Kier alpha value is -1.12. The fourth-order valence-electron chi connectivity index (χ4n) is 3.46. The molecule has 0 aliphatic carbocycles. The summed E-state index contributed by atoms with van der Waals surface area (Å²) in [4.78, 5) is 0. The molecule has 232 valence electrons. The third-order valence-corrected chi connectivity index (χ3v) is 5.84. The summed E-state index contributed by atoms with van der Waals surface area (Å²) >= 11 is 0. The largest absolute Gasteiger partial charge is 0.493 e. The minimum absolute atomic E-state index is 0.489. The Morgan fingerprint density at radius 3 is 1.21 bits per heavy atom. The van der Waals surface area contributed by atoms with Crippen LogP contribution in [0.25, 0.3) is 0 Å². The van der Waals surface area contributed by atoms with E-state index in [4.69, 9.17) is 33.2 Å². The Balaban J connectivity index is 5.49. The van der Waals surface area contributed by atoms with Gasteiger partial charge in [-0.15, -0.1) is 0 Å². The van der Waals surface area contributed by atoms with Crippen molar-refractivity contribution in [3.63, 3.8) is 0 Å². The monoisotopic (exact) mass is 558 g/mol. The van der Waals surface area contributed by atoms with E-state index in [1.807, 2.05) is 13.8 Å². The van der Waals surface area contributed by atoms with Crippen LogP contribution in [0.1, 0.15) is 119 Å². The first-order chi connectivity index (χ1) is 19.2. The van der Waals surface area contributed by atoms with Crippen molar-refractivity contribution in [1.29, 1.82) is 0 Å². The van der Waals surface area contributed by atoms with Gasteiger partial charge >= 0.3 is 0 Å². The van der Waals surface area contributed by atoms with Crippen molar-refractivity contribution in [3.05, 3.63) is 23.7 Å². The zero-order chi connectivity index (χ0) is 28.8. The Morgan fingerprint density at radius 2 is 0.846 bits per heavy atom. The van der Waals surface area contributed by atoms with E-state index in [2.05, 4.69) is 39.8 Å². The van der Waals surface area contributed by atoms with E-state index in [0.29, 0.717) is 37.9 Å². The van der Waals surface area contributed by atoms with Crippen molar-refractivity contribution in [2.75, 3.05) is 52.9 Å². The fourth-order valence-corrected chi connectivity index (χ4v) is 3.46. The average Bonchev–Trinajstić information content (AvgIpc) is 2.94. The molecule has 0 N–H and O–H groups in total. The van der Waals surface area contributed by atoms with Crippen molar-refractivity contribution in [2.24, 2.45) is 0 Å². The summed E-state index contributed by atoms with van der Waals surface area (Å²) < 4.78 is 42.4. The third-order valence-electron chi connectivity index (χ3n) is 5.84. The van der Waals surface area contributed by atoms with Gasteiger partial charge in [0.25, 0.3) is 0 Å². The minimum Gasteiger partial charge on any atom is -0.493 e. The molecule has 0 saturated heterocycles. The maximum Gasteiger partial charge on any atom is 0.219 e. The Bertz CT molecular complexity index is 517. The Morgan fingerprint density at radius 1 is 0.487 bits per heavy atom. The van der Waals surface area contributed by atoms with Gasteiger partial charge in [0.1, 0.15) is 11.5 Å². The van der Waals surface area contributed by atoms with Gasteiger partial charge in [-0.05, 0) is 77.4 Å². The number of unbranched alkanes of at least 4 members (excludes halogenated alkanes) is 6. The molecule has 0 saturated carbocycles. The fraction of sp³-hybridized carbons (Fsp3) is 0.875. The first kappa shape index (κ1) is 37.9. The third kappa shape index (κ3) is 22.3. The molecule has 39 heavy (non-hydrogen) atoms. The summed E-state index contributed by atoms with van der Waals surface area (Å²) in [6.07, 6.45) is 14.8. The lowest BCUT2D eigenvalue weighted by Crippen LogP contribution is -2.32. The van der Waals surface area contributed by atoms with Crippen molar-refractivity contribution in [3.8, 4) is 0 Å². The molecule has 0 aromatic carbocycles. The summed E-state index contributed by atoms with van der Waals surface area (Å²) in [5.74, 6) is 1.39. The van der Waals surface area contributed by atoms with E-state index in [1.54, 1.807) is 0 Å². The highest BCUT2D eigenvalue weighted by Crippen LogP contribution is 2.21. The molecule has 7 nitrogen and oxygen atoms in total. The summed E-state index contributed by atoms with van der Waals surface area (Å²) in [6, 6.07) is 0. The maximum absolute atomic E-state index is 6.44. The van der Waals surface area contributed by atoms with E-state index in [0.717, 1.165) is 103 Å². The molecule has 0 aliphatic rings. The van der Waals surface area contributed by atoms with Gasteiger partial charge in [0.05, 0.1) is 13.2 Å². The molecule has 2 unspecified atom stereocenters. The van der Waals surface area contributed by atoms with Crippen LogP contribution in [0, 0.1) is 0 Å². The van der Waals surface area contributed by atoms with Crippen LogP contribution < -0.4 is 0 Å². The van der Waals surface area contributed by atoms with Gasteiger partial charge < -0.3 is 33.2 Å². The molecular weight excluding hydrogens is 496 g/mol. The van der Waals surface area contributed by atoms with Gasteiger partial charge in [-0.1, -0.05) is 53.4 Å². The first-order valence-corrected chi connectivity index (χ1v) is 15.9. The number of allylic oxidation sites excluding steroid dienone is 2. The van der Waals surface area contributed by atoms with Crippen LogP contribution in [-0.2, 0) is 33.2 Å². The second-order valence-electron chi connectivity index (χ2n) is 9.54. The molecule has 0 aromatic rings. The summed E-state index contributed by atoms with van der Waals surface area (Å²) in [7, 11) is 0. The summed E-state index contributed by atoms with van der Waals surface area (Å²) in [6.45, 7) is 17.9. The van der Waals surface area contributed by atoms with E-state index in [9.17, 15) is 0 Å². The van der Waals surface area contributed by atoms with Crippen molar-refractivity contribution in [1.82, 2.24) is 0 Å². The molecular formula is C32H62O7. The van der Waals surface area contributed by atoms with Crippen LogP contribution in [0.4, 0.5) is 0 Å². The first-order valence-electron chi connectivity index (χ1n) is 15.9. The minimum atomic E-state index is -0.681. The molecule has 0 radical (unpaired) electrons. The highest BCUT2D eigenvalue weighted by molar-refractivity contribution is 5.01. The lowest BCUT2D eigenvalue weighted by Gasteiger charge is -2.28. The van der Waals surface area contributed by atoms with Gasteiger partial charge in [0, 0.05) is 39.6 Å². The van der Waals surface area contributed by atoms with Crippen LogP contribution in [0.5, 0.6) is 0 Å². The molecule has 0 bridgehead atoms. The molecule has 0 rings (SSSR count). The zero-order valence-corrected chi connectivity index (χ0v) is 26.3. The highest BCUT2D eigenvalue weighted by Gasteiger charge is 2.26. The number of hydrogen-bond donors (Lipinski definition) is 0. The van der Waals surface area contributed by atoms with Crippen LogP contribution in [0.3, 0.4) is 0 Å². The van der Waals surface area contributed by atoms with E-state index in [1.165, 1.54) is 0 Å². The van der Waals surface area contributed by atoms with Crippen LogP contribution in [0.15, 0.2) is 23.7 Å². The molecule has 0 aromatic heterocycles. The lowest BCUT2D eigenvalue weighted by molar-refractivity contribution is -0.237. The maximum atomic E-state index is 6.44. The van der Waals surface area contributed by atoms with Gasteiger partial charge in [0.15, 0.2) is 0 Å². The predicted molar refractivity (Wildman–Crippen MR) is 160 cm³/mol. The topological polar surface area (TPSA) is 64.6 Å². The normalized spacial score (nSPS) is 14.0. The molecule has 0 amide bonds. The van der Waals surface area contributed by atoms with Crippen LogP contribution in [0.2, 0.25) is 0 Å². The lowest BCUT2D eigenvalue weighted by atomic mass is 10.2. The number of ether oxygens (including phenoxy) is 7. The number of rotatable bonds is 30. The SMILES string of the molecule is CCCCOCCCC=C(OCCCC)C(OCC)OC(OCC)C(=CCCCOCCCC)OCCCC. The second kappa shape index (κ2) is 29.9. The highest BCUT2D eigenvalue weighted by atomic mass is 16.8. The van der Waals surface area contributed by atoms with Gasteiger partial charge in [-0.3, -0.25) is 0 Å². The van der Waals surface area contributed by atoms with E-state index in [-0.39, 0.29) is 0 Å². The van der Waals surface area contributed by atoms with Crippen LogP contribution >= 0.6 is 0 Å². The quantitative estimate of drug-likeness (QED) is 0.0499. The van der Waals surface area contributed by atoms with Gasteiger partial charge in [-0.25, -0.2) is 0 Å².